The van der Waals surface area contributed by atoms with E-state index in [0.717, 1.165) is 6.07 Å². The Hall–Kier alpha value is -2.15. The standard InChI is InChI=1S/C13H9BrF2N2O2/c14-8-4-12(10(16)5-9(8)15)18-6-1-2-11(17)7(3-6)13(19)20/h1-5,18H,17H2,(H,19,20). The van der Waals surface area contributed by atoms with Crippen LogP contribution >= 0.6 is 15.9 Å². The summed E-state index contributed by atoms with van der Waals surface area (Å²) in [6.07, 6.45) is 0. The lowest BCUT2D eigenvalue weighted by Crippen LogP contribution is -2.04. The predicted octanol–water partition coefficient (Wildman–Crippen LogP) is 3.75. The molecule has 104 valence electrons. The molecule has 0 saturated heterocycles. The number of nitrogen functional groups attached to an aromatic ring is 1. The number of benzene rings is 2. The molecule has 0 radical (unpaired) electrons. The van der Waals surface area contributed by atoms with Crippen LogP contribution in [-0.4, -0.2) is 11.1 Å². The summed E-state index contributed by atoms with van der Waals surface area (Å²) in [6.45, 7) is 0. The van der Waals surface area contributed by atoms with E-state index in [1.165, 1.54) is 24.3 Å². The summed E-state index contributed by atoms with van der Waals surface area (Å²) >= 11 is 2.95. The van der Waals surface area contributed by atoms with Gasteiger partial charge in [0, 0.05) is 17.4 Å². The number of anilines is 3. The molecule has 0 aliphatic rings. The third kappa shape index (κ3) is 2.88. The molecule has 0 amide bonds. The average Bonchev–Trinajstić information content (AvgIpc) is 2.37. The normalized spacial score (nSPS) is 10.3. The van der Waals surface area contributed by atoms with E-state index in [0.29, 0.717) is 5.69 Å². The van der Waals surface area contributed by atoms with Crippen molar-refractivity contribution in [3.8, 4) is 0 Å². The zero-order valence-electron chi connectivity index (χ0n) is 9.95. The zero-order chi connectivity index (χ0) is 14.9. The molecule has 0 aromatic heterocycles. The number of hydrogen-bond donors (Lipinski definition) is 3. The Kier molecular flexibility index (Phi) is 3.89. The molecule has 0 spiro atoms. The second-order valence-electron chi connectivity index (χ2n) is 3.98. The molecule has 0 saturated carbocycles. The highest BCUT2D eigenvalue weighted by Gasteiger charge is 2.11. The van der Waals surface area contributed by atoms with Crippen LogP contribution in [0.15, 0.2) is 34.8 Å². The van der Waals surface area contributed by atoms with Gasteiger partial charge in [0.1, 0.15) is 11.6 Å². The van der Waals surface area contributed by atoms with E-state index in [1.807, 2.05) is 0 Å². The first-order chi connectivity index (χ1) is 9.38. The minimum absolute atomic E-state index is 0.0133. The molecule has 0 atom stereocenters. The lowest BCUT2D eigenvalue weighted by Gasteiger charge is -2.10. The minimum Gasteiger partial charge on any atom is -0.478 e. The second-order valence-corrected chi connectivity index (χ2v) is 4.83. The molecule has 0 aliphatic carbocycles. The van der Waals surface area contributed by atoms with Crippen LogP contribution in [0.3, 0.4) is 0 Å². The van der Waals surface area contributed by atoms with E-state index >= 15 is 0 Å². The van der Waals surface area contributed by atoms with Gasteiger partial charge >= 0.3 is 5.97 Å². The maximum atomic E-state index is 13.6. The largest absolute Gasteiger partial charge is 0.478 e. The topological polar surface area (TPSA) is 75.3 Å². The molecule has 2 rings (SSSR count). The van der Waals surface area contributed by atoms with E-state index in [-0.39, 0.29) is 21.4 Å². The van der Waals surface area contributed by atoms with E-state index in [9.17, 15) is 13.6 Å². The van der Waals surface area contributed by atoms with Gasteiger partial charge in [-0.15, -0.1) is 0 Å². The van der Waals surface area contributed by atoms with Crippen molar-refractivity contribution in [3.63, 3.8) is 0 Å². The van der Waals surface area contributed by atoms with E-state index in [1.54, 1.807) is 0 Å². The van der Waals surface area contributed by atoms with Gasteiger partial charge in [-0.1, -0.05) is 0 Å². The molecular formula is C13H9BrF2N2O2. The number of hydrogen-bond acceptors (Lipinski definition) is 3. The molecule has 20 heavy (non-hydrogen) atoms. The van der Waals surface area contributed by atoms with Crippen molar-refractivity contribution < 1.29 is 18.7 Å². The lowest BCUT2D eigenvalue weighted by molar-refractivity contribution is 0.0698. The van der Waals surface area contributed by atoms with Gasteiger partial charge in [0.15, 0.2) is 0 Å². The van der Waals surface area contributed by atoms with Gasteiger partial charge in [-0.05, 0) is 40.2 Å². The quantitative estimate of drug-likeness (QED) is 0.586. The Morgan fingerprint density at radius 3 is 2.55 bits per heavy atom. The number of carboxylic acid groups (broad SMARTS) is 1. The summed E-state index contributed by atoms with van der Waals surface area (Å²) in [6, 6.07) is 6.11. The van der Waals surface area contributed by atoms with E-state index in [2.05, 4.69) is 21.2 Å². The predicted molar refractivity (Wildman–Crippen MR) is 75.2 cm³/mol. The second kappa shape index (κ2) is 5.46. The van der Waals surface area contributed by atoms with Gasteiger partial charge in [-0.25, -0.2) is 13.6 Å². The Bertz CT molecular complexity index is 692. The van der Waals surface area contributed by atoms with Crippen LogP contribution in [0.4, 0.5) is 25.8 Å². The van der Waals surface area contributed by atoms with Gasteiger partial charge in [-0.2, -0.15) is 0 Å². The van der Waals surface area contributed by atoms with Crippen molar-refractivity contribution >= 4 is 39.0 Å². The Balaban J connectivity index is 2.38. The lowest BCUT2D eigenvalue weighted by atomic mass is 10.1. The Morgan fingerprint density at radius 1 is 1.20 bits per heavy atom. The van der Waals surface area contributed by atoms with Crippen LogP contribution in [0, 0.1) is 11.6 Å². The van der Waals surface area contributed by atoms with Crippen molar-refractivity contribution in [2.75, 3.05) is 11.1 Å². The number of nitrogens with one attached hydrogen (secondary N) is 1. The summed E-state index contributed by atoms with van der Waals surface area (Å²) < 4.78 is 26.8. The van der Waals surface area contributed by atoms with Crippen LogP contribution < -0.4 is 11.1 Å². The van der Waals surface area contributed by atoms with Crippen LogP contribution in [-0.2, 0) is 0 Å². The maximum absolute atomic E-state index is 13.6. The van der Waals surface area contributed by atoms with Crippen molar-refractivity contribution in [2.45, 2.75) is 0 Å². The van der Waals surface area contributed by atoms with E-state index in [4.69, 9.17) is 10.8 Å². The number of aromatic carboxylic acids is 1. The van der Waals surface area contributed by atoms with Gasteiger partial charge in [-0.3, -0.25) is 0 Å². The summed E-state index contributed by atoms with van der Waals surface area (Å²) in [7, 11) is 0. The fraction of sp³-hybridized carbons (Fsp3) is 0. The highest BCUT2D eigenvalue weighted by molar-refractivity contribution is 9.10. The van der Waals surface area contributed by atoms with Crippen LogP contribution in [0.1, 0.15) is 10.4 Å². The number of rotatable bonds is 3. The number of carbonyl (C=O) groups is 1. The van der Waals surface area contributed by atoms with Crippen molar-refractivity contribution in [1.82, 2.24) is 0 Å². The molecule has 4 nitrogen and oxygen atoms in total. The third-order valence-corrected chi connectivity index (χ3v) is 3.18. The van der Waals surface area contributed by atoms with Gasteiger partial charge in [0.2, 0.25) is 0 Å². The van der Waals surface area contributed by atoms with Crippen molar-refractivity contribution in [3.05, 3.63) is 52.0 Å². The van der Waals surface area contributed by atoms with Gasteiger partial charge in [0.05, 0.1) is 15.7 Å². The first-order valence-corrected chi connectivity index (χ1v) is 6.22. The first-order valence-electron chi connectivity index (χ1n) is 5.43. The number of carboxylic acids is 1. The number of nitrogens with two attached hydrogens (primary N) is 1. The molecule has 4 N–H and O–H groups in total. The summed E-state index contributed by atoms with van der Waals surface area (Å²) in [5.74, 6) is -2.71. The van der Waals surface area contributed by atoms with Gasteiger partial charge < -0.3 is 16.2 Å². The highest BCUT2D eigenvalue weighted by atomic mass is 79.9. The smallest absolute Gasteiger partial charge is 0.337 e. The molecule has 0 fully saturated rings. The molecular weight excluding hydrogens is 334 g/mol. The molecule has 0 heterocycles. The zero-order valence-corrected chi connectivity index (χ0v) is 11.5. The molecule has 0 bridgehead atoms. The molecule has 0 unspecified atom stereocenters. The van der Waals surface area contributed by atoms with Crippen LogP contribution in [0.5, 0.6) is 0 Å². The van der Waals surface area contributed by atoms with E-state index < -0.39 is 17.6 Å². The monoisotopic (exact) mass is 342 g/mol. The minimum atomic E-state index is -1.19. The number of halogens is 3. The molecule has 0 aliphatic heterocycles. The molecule has 7 heteroatoms. The van der Waals surface area contributed by atoms with Crippen molar-refractivity contribution in [1.29, 1.82) is 0 Å². The first kappa shape index (κ1) is 14.3. The fourth-order valence-corrected chi connectivity index (χ4v) is 1.94. The van der Waals surface area contributed by atoms with Gasteiger partial charge in [0.25, 0.3) is 0 Å². The van der Waals surface area contributed by atoms with Crippen LogP contribution in [0.25, 0.3) is 0 Å². The fourth-order valence-electron chi connectivity index (χ4n) is 1.59. The van der Waals surface area contributed by atoms with Crippen molar-refractivity contribution in [2.24, 2.45) is 0 Å². The highest BCUT2D eigenvalue weighted by Crippen LogP contribution is 2.27. The molecule has 2 aromatic carbocycles. The average molecular weight is 343 g/mol. The maximum Gasteiger partial charge on any atom is 0.337 e. The Labute approximate surface area is 121 Å². The Morgan fingerprint density at radius 2 is 1.90 bits per heavy atom. The summed E-state index contributed by atoms with van der Waals surface area (Å²) in [4.78, 5) is 11.0. The van der Waals surface area contributed by atoms with Crippen LogP contribution in [0.2, 0.25) is 0 Å². The third-order valence-electron chi connectivity index (χ3n) is 2.57. The molecule has 2 aromatic rings. The summed E-state index contributed by atoms with van der Waals surface area (Å²) in [5.41, 5.74) is 5.86. The summed E-state index contributed by atoms with van der Waals surface area (Å²) in [5, 5.41) is 11.6. The SMILES string of the molecule is Nc1ccc(Nc2cc(Br)c(F)cc2F)cc1C(=O)O.